The molecule has 1 atom stereocenters. The quantitative estimate of drug-likeness (QED) is 0.764. The monoisotopic (exact) mass is 305 g/mol. The Labute approximate surface area is 128 Å². The smallest absolute Gasteiger partial charge is 0.235 e. The minimum absolute atomic E-state index is 0.104. The Hall–Kier alpha value is -1.89. The van der Waals surface area contributed by atoms with Crippen molar-refractivity contribution in [2.75, 3.05) is 13.1 Å². The van der Waals surface area contributed by atoms with Gasteiger partial charge in [0.05, 0.1) is 10.9 Å². The van der Waals surface area contributed by atoms with Crippen LogP contribution in [0.25, 0.3) is 5.69 Å². The Bertz CT molecular complexity index is 582. The van der Waals surface area contributed by atoms with Gasteiger partial charge in [0.1, 0.15) is 0 Å². The number of rotatable bonds is 6. The Kier molecular flexibility index (Phi) is 5.32. The number of thioether (sulfide) groups is 1. The average molecular weight is 305 g/mol. The fourth-order valence-electron chi connectivity index (χ4n) is 1.98. The van der Waals surface area contributed by atoms with E-state index in [-0.39, 0.29) is 11.2 Å². The summed E-state index contributed by atoms with van der Waals surface area (Å²) in [6, 6.07) is 9.65. The molecule has 0 aliphatic rings. The van der Waals surface area contributed by atoms with E-state index in [1.165, 1.54) is 11.8 Å². The van der Waals surface area contributed by atoms with Gasteiger partial charge in [-0.2, -0.15) is 4.68 Å². The van der Waals surface area contributed by atoms with Crippen LogP contribution < -0.4 is 0 Å². The third kappa shape index (κ3) is 3.60. The van der Waals surface area contributed by atoms with Gasteiger partial charge in [-0.1, -0.05) is 30.0 Å². The summed E-state index contributed by atoms with van der Waals surface area (Å²) in [5.41, 5.74) is 0.882. The normalized spacial score (nSPS) is 12.1. The van der Waals surface area contributed by atoms with Crippen molar-refractivity contribution < 1.29 is 4.79 Å². The molecule has 1 heterocycles. The number of amides is 1. The molecule has 1 aromatic heterocycles. The first-order valence-electron chi connectivity index (χ1n) is 6.96. The zero-order valence-corrected chi connectivity index (χ0v) is 13.2. The molecular formula is C14H19N5OS. The molecule has 2 aromatic rings. The van der Waals surface area contributed by atoms with Crippen molar-refractivity contribution in [1.82, 2.24) is 25.1 Å². The maximum atomic E-state index is 12.3. The molecule has 0 aliphatic heterocycles. The maximum Gasteiger partial charge on any atom is 0.235 e. The van der Waals surface area contributed by atoms with Crippen molar-refractivity contribution in [2.45, 2.75) is 31.2 Å². The van der Waals surface area contributed by atoms with Crippen molar-refractivity contribution in [3.8, 4) is 5.69 Å². The van der Waals surface area contributed by atoms with Gasteiger partial charge in [-0.3, -0.25) is 4.79 Å². The highest BCUT2D eigenvalue weighted by Gasteiger charge is 2.22. The molecule has 112 valence electrons. The zero-order chi connectivity index (χ0) is 15.2. The molecule has 6 nitrogen and oxygen atoms in total. The Balaban J connectivity index is 2.14. The average Bonchev–Trinajstić information content (AvgIpc) is 2.97. The molecule has 0 saturated carbocycles. The van der Waals surface area contributed by atoms with Crippen LogP contribution in [0.4, 0.5) is 0 Å². The molecule has 0 fully saturated rings. The van der Waals surface area contributed by atoms with Crippen LogP contribution in [0.3, 0.4) is 0 Å². The summed E-state index contributed by atoms with van der Waals surface area (Å²) in [5.74, 6) is 0.104. The summed E-state index contributed by atoms with van der Waals surface area (Å²) in [5, 5.41) is 12.1. The van der Waals surface area contributed by atoms with E-state index in [0.29, 0.717) is 18.2 Å². The van der Waals surface area contributed by atoms with E-state index >= 15 is 0 Å². The van der Waals surface area contributed by atoms with Gasteiger partial charge in [0.15, 0.2) is 0 Å². The number of hydrogen-bond acceptors (Lipinski definition) is 5. The third-order valence-corrected chi connectivity index (χ3v) is 4.17. The van der Waals surface area contributed by atoms with Crippen LogP contribution >= 0.6 is 11.8 Å². The highest BCUT2D eigenvalue weighted by Crippen LogP contribution is 2.23. The summed E-state index contributed by atoms with van der Waals surface area (Å²) >= 11 is 1.37. The third-order valence-electron chi connectivity index (χ3n) is 3.15. The van der Waals surface area contributed by atoms with Crippen molar-refractivity contribution in [3.05, 3.63) is 30.3 Å². The van der Waals surface area contributed by atoms with Crippen molar-refractivity contribution in [3.63, 3.8) is 0 Å². The Morgan fingerprint density at radius 1 is 1.29 bits per heavy atom. The summed E-state index contributed by atoms with van der Waals surface area (Å²) in [6.07, 6.45) is 0. The number of aromatic nitrogens is 4. The fourth-order valence-corrected chi connectivity index (χ4v) is 2.88. The summed E-state index contributed by atoms with van der Waals surface area (Å²) in [7, 11) is 0. The second-order valence-electron chi connectivity index (χ2n) is 4.48. The van der Waals surface area contributed by atoms with E-state index in [9.17, 15) is 4.79 Å². The first-order valence-corrected chi connectivity index (χ1v) is 7.84. The minimum atomic E-state index is -0.224. The highest BCUT2D eigenvalue weighted by molar-refractivity contribution is 8.00. The molecule has 1 unspecified atom stereocenters. The van der Waals surface area contributed by atoms with Crippen LogP contribution in [0.15, 0.2) is 35.5 Å². The van der Waals surface area contributed by atoms with E-state index in [1.54, 1.807) is 4.68 Å². The van der Waals surface area contributed by atoms with Crippen LogP contribution in [0.5, 0.6) is 0 Å². The number of para-hydroxylation sites is 1. The lowest BCUT2D eigenvalue weighted by Crippen LogP contribution is -2.36. The Morgan fingerprint density at radius 3 is 2.57 bits per heavy atom. The number of benzene rings is 1. The molecule has 1 amide bonds. The van der Waals surface area contributed by atoms with Crippen LogP contribution in [0.2, 0.25) is 0 Å². The zero-order valence-electron chi connectivity index (χ0n) is 12.4. The van der Waals surface area contributed by atoms with Gasteiger partial charge in [-0.05, 0) is 43.3 Å². The van der Waals surface area contributed by atoms with Gasteiger partial charge in [0, 0.05) is 13.1 Å². The number of carbonyl (C=O) groups is 1. The van der Waals surface area contributed by atoms with E-state index in [2.05, 4.69) is 15.5 Å². The summed E-state index contributed by atoms with van der Waals surface area (Å²) in [6.45, 7) is 7.27. The topological polar surface area (TPSA) is 63.9 Å². The molecule has 21 heavy (non-hydrogen) atoms. The SMILES string of the molecule is CCN(CC)C(=O)C(C)Sc1nnnn1-c1ccccc1. The molecule has 0 saturated heterocycles. The Morgan fingerprint density at radius 2 is 1.95 bits per heavy atom. The predicted molar refractivity (Wildman–Crippen MR) is 82.4 cm³/mol. The maximum absolute atomic E-state index is 12.3. The molecule has 0 bridgehead atoms. The van der Waals surface area contributed by atoms with Crippen LogP contribution in [0, 0.1) is 0 Å². The van der Waals surface area contributed by atoms with Crippen LogP contribution in [-0.2, 0) is 4.79 Å². The predicted octanol–water partition coefficient (Wildman–Crippen LogP) is 2.01. The van der Waals surface area contributed by atoms with Crippen LogP contribution in [0.1, 0.15) is 20.8 Å². The van der Waals surface area contributed by atoms with Crippen molar-refractivity contribution in [2.24, 2.45) is 0 Å². The number of carbonyl (C=O) groups excluding carboxylic acids is 1. The largest absolute Gasteiger partial charge is 0.342 e. The number of tetrazole rings is 1. The lowest BCUT2D eigenvalue weighted by molar-refractivity contribution is -0.129. The first-order chi connectivity index (χ1) is 10.2. The van der Waals surface area contributed by atoms with Crippen molar-refractivity contribution in [1.29, 1.82) is 0 Å². The van der Waals surface area contributed by atoms with Crippen molar-refractivity contribution >= 4 is 17.7 Å². The van der Waals surface area contributed by atoms with Gasteiger partial charge >= 0.3 is 0 Å². The van der Waals surface area contributed by atoms with E-state index in [1.807, 2.05) is 56.0 Å². The molecule has 0 spiro atoms. The molecule has 0 aliphatic carbocycles. The van der Waals surface area contributed by atoms with E-state index in [4.69, 9.17) is 0 Å². The van der Waals surface area contributed by atoms with Gasteiger partial charge < -0.3 is 4.90 Å². The molecule has 2 rings (SSSR count). The summed E-state index contributed by atoms with van der Waals surface area (Å²) < 4.78 is 1.65. The number of hydrogen-bond donors (Lipinski definition) is 0. The van der Waals surface area contributed by atoms with Crippen LogP contribution in [-0.4, -0.2) is 49.4 Å². The molecule has 0 N–H and O–H groups in total. The van der Waals surface area contributed by atoms with E-state index < -0.39 is 0 Å². The molecule has 0 radical (unpaired) electrons. The molecule has 1 aromatic carbocycles. The lowest BCUT2D eigenvalue weighted by Gasteiger charge is -2.22. The molecular weight excluding hydrogens is 286 g/mol. The standard InChI is InChI=1S/C14H19N5OS/c1-4-18(5-2)13(20)11(3)21-14-15-16-17-19(14)12-9-7-6-8-10-12/h6-11H,4-5H2,1-3H3. The minimum Gasteiger partial charge on any atom is -0.342 e. The van der Waals surface area contributed by atoms with Gasteiger partial charge in [-0.15, -0.1) is 5.10 Å². The fraction of sp³-hybridized carbons (Fsp3) is 0.429. The van der Waals surface area contributed by atoms with Gasteiger partial charge in [0.25, 0.3) is 0 Å². The summed E-state index contributed by atoms with van der Waals surface area (Å²) in [4.78, 5) is 14.1. The number of nitrogens with zero attached hydrogens (tertiary/aromatic N) is 5. The second kappa shape index (κ2) is 7.21. The highest BCUT2D eigenvalue weighted by atomic mass is 32.2. The van der Waals surface area contributed by atoms with Gasteiger partial charge in [0.2, 0.25) is 11.1 Å². The lowest BCUT2D eigenvalue weighted by atomic mass is 10.3. The molecule has 7 heteroatoms. The first kappa shape index (κ1) is 15.5. The van der Waals surface area contributed by atoms with E-state index in [0.717, 1.165) is 5.69 Å². The second-order valence-corrected chi connectivity index (χ2v) is 5.79. The van der Waals surface area contributed by atoms with Gasteiger partial charge in [-0.25, -0.2) is 0 Å².